The lowest BCUT2D eigenvalue weighted by atomic mass is 10.2. The zero-order valence-electron chi connectivity index (χ0n) is 12.0. The van der Waals surface area contributed by atoms with Crippen LogP contribution in [0.3, 0.4) is 0 Å². The van der Waals surface area contributed by atoms with Gasteiger partial charge in [-0.1, -0.05) is 6.07 Å². The Bertz CT molecular complexity index is 674. The lowest BCUT2D eigenvalue weighted by molar-refractivity contribution is -0.137. The van der Waals surface area contributed by atoms with E-state index in [4.69, 9.17) is 0 Å². The molecular formula is C14H13F3N4O2. The standard InChI is InChI=1S/C14H13F3N4O2/c1-2-23-13(22)21-11-7-18-12(19-8-11)20-10-5-3-4-9(6-10)14(15,16)17/h3-8H,2H2,1H3,(H,21,22)(H,18,19,20). The molecule has 1 aromatic heterocycles. The van der Waals surface area contributed by atoms with Gasteiger partial charge in [0.15, 0.2) is 0 Å². The number of nitrogens with zero attached hydrogens (tertiary/aromatic N) is 2. The Kier molecular flexibility index (Phi) is 4.99. The van der Waals surface area contributed by atoms with E-state index >= 15 is 0 Å². The highest BCUT2D eigenvalue weighted by molar-refractivity contribution is 5.84. The monoisotopic (exact) mass is 326 g/mol. The Morgan fingerprint density at radius 1 is 1.22 bits per heavy atom. The van der Waals surface area contributed by atoms with Gasteiger partial charge in [-0.2, -0.15) is 13.2 Å². The highest BCUT2D eigenvalue weighted by Gasteiger charge is 2.30. The topological polar surface area (TPSA) is 76.1 Å². The predicted octanol–water partition coefficient (Wildman–Crippen LogP) is 3.81. The highest BCUT2D eigenvalue weighted by Crippen LogP contribution is 2.31. The number of anilines is 3. The molecule has 6 nitrogen and oxygen atoms in total. The molecule has 2 rings (SSSR count). The maximum absolute atomic E-state index is 12.6. The quantitative estimate of drug-likeness (QED) is 0.893. The van der Waals surface area contributed by atoms with Gasteiger partial charge >= 0.3 is 12.3 Å². The van der Waals surface area contributed by atoms with Gasteiger partial charge in [-0.25, -0.2) is 14.8 Å². The van der Waals surface area contributed by atoms with E-state index in [0.717, 1.165) is 12.1 Å². The van der Waals surface area contributed by atoms with Crippen LogP contribution in [0.15, 0.2) is 36.7 Å². The third-order valence-electron chi connectivity index (χ3n) is 2.62. The van der Waals surface area contributed by atoms with Gasteiger partial charge < -0.3 is 10.1 Å². The molecule has 0 aliphatic carbocycles. The molecule has 2 N–H and O–H groups in total. The van der Waals surface area contributed by atoms with E-state index < -0.39 is 17.8 Å². The molecule has 122 valence electrons. The molecule has 0 fully saturated rings. The van der Waals surface area contributed by atoms with Gasteiger partial charge in [0, 0.05) is 5.69 Å². The average Bonchev–Trinajstić information content (AvgIpc) is 2.49. The van der Waals surface area contributed by atoms with E-state index in [0.29, 0.717) is 5.69 Å². The summed E-state index contributed by atoms with van der Waals surface area (Å²) in [6.45, 7) is 1.89. The number of nitrogens with one attached hydrogen (secondary N) is 2. The molecule has 23 heavy (non-hydrogen) atoms. The second-order valence-corrected chi connectivity index (χ2v) is 4.34. The minimum absolute atomic E-state index is 0.0960. The van der Waals surface area contributed by atoms with Crippen LogP contribution in [0, 0.1) is 0 Å². The van der Waals surface area contributed by atoms with Crippen molar-refractivity contribution in [2.75, 3.05) is 17.2 Å². The molecule has 0 atom stereocenters. The first kappa shape index (κ1) is 16.5. The van der Waals surface area contributed by atoms with Gasteiger partial charge in [0.25, 0.3) is 0 Å². The molecule has 1 heterocycles. The Morgan fingerprint density at radius 2 is 1.91 bits per heavy atom. The lowest BCUT2D eigenvalue weighted by Crippen LogP contribution is -2.13. The van der Waals surface area contributed by atoms with Gasteiger partial charge in [0.1, 0.15) is 0 Å². The first-order valence-corrected chi connectivity index (χ1v) is 6.58. The minimum Gasteiger partial charge on any atom is -0.450 e. The number of hydrogen-bond acceptors (Lipinski definition) is 5. The summed E-state index contributed by atoms with van der Waals surface area (Å²) in [5.74, 6) is 0.0960. The molecule has 0 bridgehead atoms. The van der Waals surface area contributed by atoms with Gasteiger partial charge in [0.05, 0.1) is 30.3 Å². The zero-order valence-corrected chi connectivity index (χ0v) is 12.0. The fourth-order valence-electron chi connectivity index (χ4n) is 1.64. The summed E-state index contributed by atoms with van der Waals surface area (Å²) in [4.78, 5) is 19.0. The summed E-state index contributed by atoms with van der Waals surface area (Å²) in [7, 11) is 0. The SMILES string of the molecule is CCOC(=O)Nc1cnc(Nc2cccc(C(F)(F)F)c2)nc1. The van der Waals surface area contributed by atoms with Crippen molar-refractivity contribution in [3.63, 3.8) is 0 Å². The molecule has 1 amide bonds. The van der Waals surface area contributed by atoms with Crippen LogP contribution < -0.4 is 10.6 Å². The predicted molar refractivity (Wildman–Crippen MR) is 77.4 cm³/mol. The Balaban J connectivity index is 2.05. The van der Waals surface area contributed by atoms with Crippen molar-refractivity contribution in [2.45, 2.75) is 13.1 Å². The van der Waals surface area contributed by atoms with Crippen LogP contribution >= 0.6 is 0 Å². The molecule has 0 aliphatic rings. The molecule has 0 aliphatic heterocycles. The molecule has 0 unspecified atom stereocenters. The van der Waals surface area contributed by atoms with Crippen LogP contribution in [0.2, 0.25) is 0 Å². The molecule has 9 heteroatoms. The number of ether oxygens (including phenoxy) is 1. The van der Waals surface area contributed by atoms with Gasteiger partial charge in [-0.05, 0) is 25.1 Å². The van der Waals surface area contributed by atoms with Crippen LogP contribution in [0.5, 0.6) is 0 Å². The summed E-state index contributed by atoms with van der Waals surface area (Å²) in [5, 5.41) is 5.06. The second kappa shape index (κ2) is 6.95. The number of carbonyl (C=O) groups excluding carboxylic acids is 1. The van der Waals surface area contributed by atoms with Crippen LogP contribution in [-0.2, 0) is 10.9 Å². The van der Waals surface area contributed by atoms with Crippen molar-refractivity contribution in [3.05, 3.63) is 42.2 Å². The third kappa shape index (κ3) is 4.83. The third-order valence-corrected chi connectivity index (χ3v) is 2.62. The molecule has 0 saturated heterocycles. The van der Waals surface area contributed by atoms with Gasteiger partial charge in [-0.3, -0.25) is 5.32 Å². The molecule has 1 aromatic carbocycles. The van der Waals surface area contributed by atoms with Crippen LogP contribution in [0.4, 0.5) is 35.3 Å². The van der Waals surface area contributed by atoms with E-state index in [9.17, 15) is 18.0 Å². The van der Waals surface area contributed by atoms with Crippen molar-refractivity contribution in [2.24, 2.45) is 0 Å². The minimum atomic E-state index is -4.42. The van der Waals surface area contributed by atoms with Gasteiger partial charge in [-0.15, -0.1) is 0 Å². The van der Waals surface area contributed by atoms with Crippen molar-refractivity contribution >= 4 is 23.4 Å². The number of alkyl halides is 3. The Morgan fingerprint density at radius 3 is 2.52 bits per heavy atom. The van der Waals surface area contributed by atoms with Crippen molar-refractivity contribution < 1.29 is 22.7 Å². The number of carbonyl (C=O) groups is 1. The largest absolute Gasteiger partial charge is 0.450 e. The van der Waals surface area contributed by atoms with E-state index in [-0.39, 0.29) is 18.2 Å². The first-order chi connectivity index (χ1) is 10.9. The fourth-order valence-corrected chi connectivity index (χ4v) is 1.64. The molecule has 0 radical (unpaired) electrons. The first-order valence-electron chi connectivity index (χ1n) is 6.58. The highest BCUT2D eigenvalue weighted by atomic mass is 19.4. The van der Waals surface area contributed by atoms with E-state index in [1.807, 2.05) is 0 Å². The summed E-state index contributed by atoms with van der Waals surface area (Å²) >= 11 is 0. The number of benzene rings is 1. The van der Waals surface area contributed by atoms with E-state index in [1.54, 1.807) is 6.92 Å². The normalized spacial score (nSPS) is 11.0. The van der Waals surface area contributed by atoms with Crippen LogP contribution in [-0.4, -0.2) is 22.7 Å². The maximum atomic E-state index is 12.6. The van der Waals surface area contributed by atoms with Crippen LogP contribution in [0.25, 0.3) is 0 Å². The summed E-state index contributed by atoms with van der Waals surface area (Å²) in [6.07, 6.45) is -2.46. The molecular weight excluding hydrogens is 313 g/mol. The smallest absolute Gasteiger partial charge is 0.416 e. The van der Waals surface area contributed by atoms with Crippen molar-refractivity contribution in [1.82, 2.24) is 9.97 Å². The van der Waals surface area contributed by atoms with Gasteiger partial charge in [0.2, 0.25) is 5.95 Å². The van der Waals surface area contributed by atoms with Crippen LogP contribution in [0.1, 0.15) is 12.5 Å². The maximum Gasteiger partial charge on any atom is 0.416 e. The average molecular weight is 326 g/mol. The number of halogens is 3. The Hall–Kier alpha value is -2.84. The fraction of sp³-hybridized carbons (Fsp3) is 0.214. The number of hydrogen-bond donors (Lipinski definition) is 2. The molecule has 0 spiro atoms. The molecule has 2 aromatic rings. The molecule has 0 saturated carbocycles. The zero-order chi connectivity index (χ0) is 16.9. The summed E-state index contributed by atoms with van der Waals surface area (Å²) < 4.78 is 42.6. The van der Waals surface area contributed by atoms with E-state index in [1.165, 1.54) is 24.5 Å². The van der Waals surface area contributed by atoms with E-state index in [2.05, 4.69) is 25.3 Å². The number of aromatic nitrogens is 2. The summed E-state index contributed by atoms with van der Waals surface area (Å²) in [6, 6.07) is 4.66. The van der Waals surface area contributed by atoms with Crippen molar-refractivity contribution in [3.8, 4) is 0 Å². The number of amides is 1. The summed E-state index contributed by atoms with van der Waals surface area (Å²) in [5.41, 5.74) is -0.271. The number of rotatable bonds is 4. The lowest BCUT2D eigenvalue weighted by Gasteiger charge is -2.10. The van der Waals surface area contributed by atoms with Crippen molar-refractivity contribution in [1.29, 1.82) is 0 Å². The Labute approximate surface area is 129 Å². The second-order valence-electron chi connectivity index (χ2n) is 4.34.